The number of allylic oxidation sites excluding steroid dienone is 1. The van der Waals surface area contributed by atoms with Gasteiger partial charge in [-0.05, 0) is 63.8 Å². The van der Waals surface area contributed by atoms with E-state index in [-0.39, 0.29) is 11.7 Å². The molecule has 1 aliphatic heterocycles. The highest BCUT2D eigenvalue weighted by Crippen LogP contribution is 2.32. The van der Waals surface area contributed by atoms with Crippen molar-refractivity contribution in [1.82, 2.24) is 4.57 Å². The first-order valence-corrected chi connectivity index (χ1v) is 12.3. The van der Waals surface area contributed by atoms with Crippen LogP contribution in [0, 0.1) is 6.92 Å². The van der Waals surface area contributed by atoms with Crippen molar-refractivity contribution in [2.24, 2.45) is 4.99 Å². The van der Waals surface area contributed by atoms with Gasteiger partial charge in [0.15, 0.2) is 4.80 Å². The summed E-state index contributed by atoms with van der Waals surface area (Å²) in [5.41, 5.74) is 1.54. The largest absolute Gasteiger partial charge is 0.462 e. The molecule has 0 amide bonds. The van der Waals surface area contributed by atoms with Gasteiger partial charge in [0.1, 0.15) is 11.5 Å². The van der Waals surface area contributed by atoms with Crippen molar-refractivity contribution in [3.8, 4) is 0 Å². The van der Waals surface area contributed by atoms with E-state index in [0.29, 0.717) is 26.4 Å². The highest BCUT2D eigenvalue weighted by molar-refractivity contribution is 7.98. The number of furan rings is 1. The summed E-state index contributed by atoms with van der Waals surface area (Å²) in [6, 6.07) is 10.9. The topological polar surface area (TPSA) is 73.8 Å². The molecule has 0 radical (unpaired) electrons. The zero-order chi connectivity index (χ0) is 23.0. The minimum absolute atomic E-state index is 0.218. The molecule has 0 fully saturated rings. The number of thioether (sulfide) groups is 1. The number of fused-ring (bicyclic) bond motifs is 1. The Balaban J connectivity index is 1.93. The number of carbonyl (C=O) groups excluding carboxylic acids is 1. The number of ether oxygens (including phenoxy) is 1. The van der Waals surface area contributed by atoms with Gasteiger partial charge in [-0.15, -0.1) is 11.8 Å². The first kappa shape index (κ1) is 22.4. The number of thiazole rings is 1. The number of hydrogen-bond acceptors (Lipinski definition) is 7. The standard InChI is InChI=1S/C24H24N2O4S2/c1-13(2)29-23(28)20-15(4)25-24-26(21(20)16-7-10-18(31-5)11-8-16)22(27)19(32-24)12-17-9-6-14(3)30-17/h6-13,21H,1-5H3/b19-12-/t21-/m1/s1. The van der Waals surface area contributed by atoms with Crippen LogP contribution in [0.5, 0.6) is 0 Å². The fourth-order valence-electron chi connectivity index (χ4n) is 3.62. The maximum Gasteiger partial charge on any atom is 0.338 e. The van der Waals surface area contributed by atoms with E-state index in [9.17, 15) is 9.59 Å². The van der Waals surface area contributed by atoms with Gasteiger partial charge in [-0.2, -0.15) is 0 Å². The summed E-state index contributed by atoms with van der Waals surface area (Å²) in [5.74, 6) is 0.908. The molecule has 166 valence electrons. The molecule has 1 aromatic carbocycles. The number of rotatable bonds is 5. The molecule has 2 aromatic heterocycles. The molecule has 8 heteroatoms. The zero-order valence-corrected chi connectivity index (χ0v) is 20.2. The minimum atomic E-state index is -0.617. The Bertz CT molecular complexity index is 1370. The predicted octanol–water partition coefficient (Wildman–Crippen LogP) is 3.81. The summed E-state index contributed by atoms with van der Waals surface area (Å²) in [7, 11) is 0. The van der Waals surface area contributed by atoms with Crippen LogP contribution in [0.2, 0.25) is 0 Å². The second kappa shape index (κ2) is 8.96. The fourth-order valence-corrected chi connectivity index (χ4v) is 5.06. The van der Waals surface area contributed by atoms with Gasteiger partial charge in [-0.25, -0.2) is 9.79 Å². The molecule has 32 heavy (non-hydrogen) atoms. The first-order valence-electron chi connectivity index (χ1n) is 10.2. The lowest BCUT2D eigenvalue weighted by Gasteiger charge is -2.25. The third-order valence-electron chi connectivity index (χ3n) is 5.05. The Morgan fingerprint density at radius 1 is 1.22 bits per heavy atom. The van der Waals surface area contributed by atoms with Crippen molar-refractivity contribution in [1.29, 1.82) is 0 Å². The summed E-state index contributed by atoms with van der Waals surface area (Å²) >= 11 is 2.91. The number of hydrogen-bond donors (Lipinski definition) is 0. The minimum Gasteiger partial charge on any atom is -0.462 e. The van der Waals surface area contributed by atoms with Gasteiger partial charge in [0, 0.05) is 11.0 Å². The smallest absolute Gasteiger partial charge is 0.338 e. The molecule has 0 aliphatic carbocycles. The van der Waals surface area contributed by atoms with Crippen molar-refractivity contribution in [3.63, 3.8) is 0 Å². The highest BCUT2D eigenvalue weighted by Gasteiger charge is 2.33. The van der Waals surface area contributed by atoms with E-state index in [2.05, 4.69) is 4.99 Å². The molecule has 0 saturated carbocycles. The Morgan fingerprint density at radius 2 is 1.94 bits per heavy atom. The van der Waals surface area contributed by atoms with Gasteiger partial charge in [0.2, 0.25) is 0 Å². The van der Waals surface area contributed by atoms with E-state index in [1.54, 1.807) is 43.2 Å². The number of aryl methyl sites for hydroxylation is 1. The third-order valence-corrected chi connectivity index (χ3v) is 6.78. The van der Waals surface area contributed by atoms with Crippen LogP contribution in [0.3, 0.4) is 0 Å². The zero-order valence-electron chi connectivity index (χ0n) is 18.5. The molecule has 6 nitrogen and oxygen atoms in total. The van der Waals surface area contributed by atoms with Crippen LogP contribution in [0.15, 0.2) is 66.8 Å². The van der Waals surface area contributed by atoms with E-state index >= 15 is 0 Å². The van der Waals surface area contributed by atoms with Crippen LogP contribution < -0.4 is 14.9 Å². The molecule has 3 aromatic rings. The third kappa shape index (κ3) is 4.25. The average molecular weight is 469 g/mol. The van der Waals surface area contributed by atoms with E-state index in [0.717, 1.165) is 16.2 Å². The molecule has 4 rings (SSSR count). The summed E-state index contributed by atoms with van der Waals surface area (Å²) in [6.07, 6.45) is 3.44. The van der Waals surface area contributed by atoms with Gasteiger partial charge in [-0.3, -0.25) is 9.36 Å². The number of nitrogens with zero attached hydrogens (tertiary/aromatic N) is 2. The van der Waals surface area contributed by atoms with E-state index in [4.69, 9.17) is 9.15 Å². The van der Waals surface area contributed by atoms with Crippen LogP contribution in [0.4, 0.5) is 0 Å². The normalized spacial score (nSPS) is 16.3. The lowest BCUT2D eigenvalue weighted by molar-refractivity contribution is -0.143. The molecular weight excluding hydrogens is 444 g/mol. The predicted molar refractivity (Wildman–Crippen MR) is 127 cm³/mol. The number of carbonyl (C=O) groups is 1. The SMILES string of the molecule is CSc1ccc([C@@H]2C(C(=O)OC(C)C)=C(C)N=c3s/c(=C\c4ccc(C)o4)c(=O)n32)cc1. The maximum absolute atomic E-state index is 13.5. The van der Waals surface area contributed by atoms with Crippen LogP contribution >= 0.6 is 23.1 Å². The second-order valence-electron chi connectivity index (χ2n) is 7.76. The molecular formula is C24H24N2O4S2. The molecule has 0 saturated heterocycles. The van der Waals surface area contributed by atoms with Gasteiger partial charge < -0.3 is 9.15 Å². The Morgan fingerprint density at radius 3 is 2.53 bits per heavy atom. The van der Waals surface area contributed by atoms with E-state index in [1.165, 1.54) is 11.3 Å². The molecule has 1 aliphatic rings. The summed E-state index contributed by atoms with van der Waals surface area (Å²) in [5, 5.41) is 0. The van der Waals surface area contributed by atoms with Crippen molar-refractivity contribution in [2.75, 3.05) is 6.26 Å². The first-order chi connectivity index (χ1) is 15.3. The van der Waals surface area contributed by atoms with Crippen molar-refractivity contribution in [2.45, 2.75) is 44.7 Å². The monoisotopic (exact) mass is 468 g/mol. The quantitative estimate of drug-likeness (QED) is 0.421. The van der Waals surface area contributed by atoms with Crippen LogP contribution in [0.25, 0.3) is 6.08 Å². The van der Waals surface area contributed by atoms with Gasteiger partial charge in [-0.1, -0.05) is 23.5 Å². The molecule has 0 N–H and O–H groups in total. The molecule has 1 atom stereocenters. The summed E-state index contributed by atoms with van der Waals surface area (Å²) < 4.78 is 13.2. The molecule has 0 unspecified atom stereocenters. The number of benzene rings is 1. The van der Waals surface area contributed by atoms with Gasteiger partial charge in [0.05, 0.1) is 27.9 Å². The highest BCUT2D eigenvalue weighted by atomic mass is 32.2. The van der Waals surface area contributed by atoms with Gasteiger partial charge in [0.25, 0.3) is 5.56 Å². The number of esters is 1. The molecule has 0 bridgehead atoms. The maximum atomic E-state index is 13.5. The van der Waals surface area contributed by atoms with E-state index < -0.39 is 12.0 Å². The average Bonchev–Trinajstić information content (AvgIpc) is 3.29. The van der Waals surface area contributed by atoms with Gasteiger partial charge >= 0.3 is 5.97 Å². The van der Waals surface area contributed by atoms with Crippen molar-refractivity contribution in [3.05, 3.63) is 84.4 Å². The lowest BCUT2D eigenvalue weighted by atomic mass is 9.96. The lowest BCUT2D eigenvalue weighted by Crippen LogP contribution is -2.40. The second-order valence-corrected chi connectivity index (χ2v) is 9.65. The fraction of sp³-hybridized carbons (Fsp3) is 0.292. The molecule has 3 heterocycles. The number of aromatic nitrogens is 1. The Labute approximate surface area is 193 Å². The van der Waals surface area contributed by atoms with Crippen molar-refractivity contribution < 1.29 is 13.9 Å². The van der Waals surface area contributed by atoms with Crippen molar-refractivity contribution >= 4 is 35.1 Å². The van der Waals surface area contributed by atoms with E-state index in [1.807, 2.05) is 49.6 Å². The summed E-state index contributed by atoms with van der Waals surface area (Å²) in [4.78, 5) is 32.8. The van der Waals surface area contributed by atoms with Crippen LogP contribution in [-0.2, 0) is 9.53 Å². The molecule has 0 spiro atoms. The van der Waals surface area contributed by atoms with Crippen LogP contribution in [-0.4, -0.2) is 22.9 Å². The Kier molecular flexibility index (Phi) is 6.26. The summed E-state index contributed by atoms with van der Waals surface area (Å²) in [6.45, 7) is 7.24. The van der Waals surface area contributed by atoms with Crippen LogP contribution in [0.1, 0.15) is 43.9 Å². The Hall–Kier alpha value is -2.84.